The molecule has 1 heteroatoms. The zero-order chi connectivity index (χ0) is 11.7. The molecule has 0 unspecified atom stereocenters. The molecule has 3 aromatic rings. The first-order valence-corrected chi connectivity index (χ1v) is 5.64. The second-order valence-corrected chi connectivity index (χ2v) is 4.11. The molecular formula is C16H12N. The monoisotopic (exact) mass is 218 g/mol. The maximum Gasteiger partial charge on any atom is 0.0618 e. The highest BCUT2D eigenvalue weighted by Gasteiger charge is 2.02. The highest BCUT2D eigenvalue weighted by Crippen LogP contribution is 2.29. The van der Waals surface area contributed by atoms with Gasteiger partial charge in [0.2, 0.25) is 0 Å². The topological polar surface area (TPSA) is 23.8 Å². The Hall–Kier alpha value is -2.28. The first kappa shape index (κ1) is 9.91. The smallest absolute Gasteiger partial charge is 0.0618 e. The van der Waals surface area contributed by atoms with Crippen molar-refractivity contribution in [3.8, 4) is 11.1 Å². The molecule has 0 spiro atoms. The molecule has 0 aliphatic carbocycles. The van der Waals surface area contributed by atoms with Crippen LogP contribution in [0.5, 0.6) is 0 Å². The van der Waals surface area contributed by atoms with Gasteiger partial charge < -0.3 is 5.73 Å². The van der Waals surface area contributed by atoms with Gasteiger partial charge in [0.25, 0.3) is 0 Å². The van der Waals surface area contributed by atoms with Crippen LogP contribution in [0.15, 0.2) is 66.7 Å². The standard InChI is InChI=1S/C16H12N/c17-16-8-4-3-7-15(16)14-10-9-12-5-1-2-6-13(12)11-14/h1-11,17H. The van der Waals surface area contributed by atoms with Gasteiger partial charge in [-0.3, -0.25) is 0 Å². The van der Waals surface area contributed by atoms with Crippen LogP contribution in [0.3, 0.4) is 0 Å². The van der Waals surface area contributed by atoms with Gasteiger partial charge in [-0.15, -0.1) is 0 Å². The van der Waals surface area contributed by atoms with E-state index in [-0.39, 0.29) is 0 Å². The number of benzene rings is 3. The van der Waals surface area contributed by atoms with Crippen LogP contribution < -0.4 is 5.73 Å². The van der Waals surface area contributed by atoms with E-state index in [1.54, 1.807) is 0 Å². The van der Waals surface area contributed by atoms with Gasteiger partial charge in [0.1, 0.15) is 0 Å². The first-order chi connectivity index (χ1) is 8.34. The average molecular weight is 218 g/mol. The molecule has 0 aliphatic rings. The Bertz CT molecular complexity index is 671. The molecule has 17 heavy (non-hydrogen) atoms. The molecule has 3 aromatic carbocycles. The summed E-state index contributed by atoms with van der Waals surface area (Å²) in [6.45, 7) is 0. The van der Waals surface area contributed by atoms with Crippen molar-refractivity contribution in [3.05, 3.63) is 66.7 Å². The van der Waals surface area contributed by atoms with Gasteiger partial charge in [-0.05, 0) is 28.5 Å². The van der Waals surface area contributed by atoms with E-state index in [1.165, 1.54) is 10.8 Å². The summed E-state index contributed by atoms with van der Waals surface area (Å²) in [5.74, 6) is 0. The summed E-state index contributed by atoms with van der Waals surface area (Å²) in [4.78, 5) is 0. The minimum Gasteiger partial charge on any atom is -0.300 e. The van der Waals surface area contributed by atoms with E-state index < -0.39 is 0 Å². The zero-order valence-corrected chi connectivity index (χ0v) is 9.35. The number of fused-ring (bicyclic) bond motifs is 1. The molecular weight excluding hydrogens is 206 g/mol. The van der Waals surface area contributed by atoms with Crippen LogP contribution in [0.1, 0.15) is 0 Å². The Labute approximate surface area is 101 Å². The molecule has 1 nitrogen and oxygen atoms in total. The third kappa shape index (κ3) is 1.76. The van der Waals surface area contributed by atoms with Crippen molar-refractivity contribution in [1.82, 2.24) is 5.73 Å². The molecule has 0 aliphatic heterocycles. The number of rotatable bonds is 1. The van der Waals surface area contributed by atoms with Crippen LogP contribution >= 0.6 is 0 Å². The van der Waals surface area contributed by atoms with E-state index in [1.807, 2.05) is 36.4 Å². The quantitative estimate of drug-likeness (QED) is 0.577. The third-order valence-corrected chi connectivity index (χ3v) is 2.99. The van der Waals surface area contributed by atoms with E-state index in [4.69, 9.17) is 5.73 Å². The Kier molecular flexibility index (Phi) is 2.30. The summed E-state index contributed by atoms with van der Waals surface area (Å²) in [6.07, 6.45) is 0. The van der Waals surface area contributed by atoms with Gasteiger partial charge >= 0.3 is 0 Å². The Morgan fingerprint density at radius 3 is 2.18 bits per heavy atom. The zero-order valence-electron chi connectivity index (χ0n) is 9.35. The molecule has 1 radical (unpaired) electrons. The number of nitrogens with one attached hydrogen (secondary N) is 1. The predicted octanol–water partition coefficient (Wildman–Crippen LogP) is 4.42. The molecule has 0 aromatic heterocycles. The minimum atomic E-state index is 0.572. The lowest BCUT2D eigenvalue weighted by molar-refractivity contribution is 1.48. The van der Waals surface area contributed by atoms with Crippen LogP contribution in [0.25, 0.3) is 21.9 Å². The van der Waals surface area contributed by atoms with Gasteiger partial charge in [-0.2, -0.15) is 0 Å². The maximum absolute atomic E-state index is 7.92. The normalized spacial score (nSPS) is 10.6. The van der Waals surface area contributed by atoms with Crippen molar-refractivity contribution in [3.63, 3.8) is 0 Å². The maximum atomic E-state index is 7.92. The molecule has 0 saturated carbocycles. The highest BCUT2D eigenvalue weighted by molar-refractivity contribution is 5.89. The van der Waals surface area contributed by atoms with Crippen LogP contribution in [0.2, 0.25) is 0 Å². The first-order valence-electron chi connectivity index (χ1n) is 5.64. The van der Waals surface area contributed by atoms with Crippen LogP contribution in [-0.4, -0.2) is 0 Å². The van der Waals surface area contributed by atoms with Gasteiger partial charge in [0.15, 0.2) is 0 Å². The van der Waals surface area contributed by atoms with Crippen molar-refractivity contribution in [2.45, 2.75) is 0 Å². The Balaban J connectivity index is 2.22. The molecule has 3 rings (SSSR count). The fourth-order valence-electron chi connectivity index (χ4n) is 2.09. The van der Waals surface area contributed by atoms with E-state index in [9.17, 15) is 0 Å². The summed E-state index contributed by atoms with van der Waals surface area (Å²) in [6, 6.07) is 22.3. The summed E-state index contributed by atoms with van der Waals surface area (Å²) in [7, 11) is 0. The predicted molar refractivity (Wildman–Crippen MR) is 72.1 cm³/mol. The van der Waals surface area contributed by atoms with Crippen molar-refractivity contribution in [1.29, 1.82) is 0 Å². The molecule has 0 bridgehead atoms. The van der Waals surface area contributed by atoms with E-state index >= 15 is 0 Å². The molecule has 0 fully saturated rings. The fourth-order valence-corrected chi connectivity index (χ4v) is 2.09. The fraction of sp³-hybridized carbons (Fsp3) is 0. The van der Waals surface area contributed by atoms with Crippen LogP contribution in [0, 0.1) is 0 Å². The van der Waals surface area contributed by atoms with E-state index in [0.717, 1.165) is 11.1 Å². The molecule has 0 atom stereocenters. The lowest BCUT2D eigenvalue weighted by Gasteiger charge is -2.06. The van der Waals surface area contributed by atoms with Crippen molar-refractivity contribution >= 4 is 16.5 Å². The van der Waals surface area contributed by atoms with Crippen molar-refractivity contribution < 1.29 is 0 Å². The van der Waals surface area contributed by atoms with Crippen molar-refractivity contribution in [2.75, 3.05) is 0 Å². The van der Waals surface area contributed by atoms with E-state index in [2.05, 4.69) is 30.3 Å². The summed E-state index contributed by atoms with van der Waals surface area (Å²) < 4.78 is 0. The Morgan fingerprint density at radius 2 is 1.35 bits per heavy atom. The molecule has 0 saturated heterocycles. The summed E-state index contributed by atoms with van der Waals surface area (Å²) >= 11 is 0. The van der Waals surface area contributed by atoms with E-state index in [0.29, 0.717) is 5.69 Å². The Morgan fingerprint density at radius 1 is 0.647 bits per heavy atom. The second-order valence-electron chi connectivity index (χ2n) is 4.11. The third-order valence-electron chi connectivity index (χ3n) is 2.99. The van der Waals surface area contributed by atoms with Gasteiger partial charge in [0.05, 0.1) is 5.69 Å². The molecule has 1 N–H and O–H groups in total. The molecule has 0 heterocycles. The largest absolute Gasteiger partial charge is 0.300 e. The average Bonchev–Trinajstić information content (AvgIpc) is 2.39. The van der Waals surface area contributed by atoms with Gasteiger partial charge in [-0.1, -0.05) is 54.6 Å². The lowest BCUT2D eigenvalue weighted by atomic mass is 10.0. The van der Waals surface area contributed by atoms with Gasteiger partial charge in [-0.25, -0.2) is 0 Å². The number of hydrogen-bond donors (Lipinski definition) is 0. The molecule has 81 valence electrons. The van der Waals surface area contributed by atoms with Crippen LogP contribution in [0.4, 0.5) is 5.69 Å². The molecule has 0 amide bonds. The van der Waals surface area contributed by atoms with Crippen LogP contribution in [-0.2, 0) is 0 Å². The second kappa shape index (κ2) is 3.95. The highest BCUT2D eigenvalue weighted by atomic mass is 14.6. The summed E-state index contributed by atoms with van der Waals surface area (Å²) in [5.41, 5.74) is 10.6. The number of hydrogen-bond acceptors (Lipinski definition) is 0. The lowest BCUT2D eigenvalue weighted by Crippen LogP contribution is -1.81. The van der Waals surface area contributed by atoms with Crippen molar-refractivity contribution in [2.24, 2.45) is 0 Å². The minimum absolute atomic E-state index is 0.572. The SMILES string of the molecule is [NH]c1ccccc1-c1ccc2ccccc2c1. The van der Waals surface area contributed by atoms with Gasteiger partial charge in [0, 0.05) is 5.56 Å². The summed E-state index contributed by atoms with van der Waals surface area (Å²) in [5, 5.41) is 2.45.